The molecule has 0 bridgehead atoms. The van der Waals surface area contributed by atoms with Crippen molar-refractivity contribution in [3.8, 4) is 0 Å². The minimum atomic E-state index is -0.567. The number of rotatable bonds is 3. The van der Waals surface area contributed by atoms with Crippen LogP contribution in [0.1, 0.15) is 31.9 Å². The molecule has 78 valence electrons. The van der Waals surface area contributed by atoms with Crippen LogP contribution in [-0.4, -0.2) is 0 Å². The first kappa shape index (κ1) is 11.1. The zero-order chi connectivity index (χ0) is 10.7. The molecular formula is C11H15F2N. The van der Waals surface area contributed by atoms with E-state index >= 15 is 0 Å². The van der Waals surface area contributed by atoms with Gasteiger partial charge in [-0.1, -0.05) is 19.9 Å². The molecule has 0 aliphatic rings. The molecule has 0 aliphatic carbocycles. The Morgan fingerprint density at radius 3 is 2.43 bits per heavy atom. The number of nitrogens with two attached hydrogens (primary N) is 1. The molecule has 1 nitrogen and oxygen atoms in total. The highest BCUT2D eigenvalue weighted by atomic mass is 19.1. The Labute approximate surface area is 82.9 Å². The maximum Gasteiger partial charge on any atom is 0.130 e. The van der Waals surface area contributed by atoms with Crippen LogP contribution in [0.15, 0.2) is 18.2 Å². The van der Waals surface area contributed by atoms with Gasteiger partial charge in [0.15, 0.2) is 0 Å². The van der Waals surface area contributed by atoms with E-state index in [1.54, 1.807) is 0 Å². The van der Waals surface area contributed by atoms with Gasteiger partial charge < -0.3 is 5.73 Å². The number of benzene rings is 1. The minimum absolute atomic E-state index is 0.351. The largest absolute Gasteiger partial charge is 0.324 e. The predicted octanol–water partition coefficient (Wildman–Crippen LogP) is 3.01. The average molecular weight is 199 g/mol. The molecule has 1 rings (SSSR count). The van der Waals surface area contributed by atoms with Gasteiger partial charge in [-0.05, 0) is 18.4 Å². The lowest BCUT2D eigenvalue weighted by Gasteiger charge is -2.14. The summed E-state index contributed by atoms with van der Waals surface area (Å²) < 4.78 is 25.8. The molecule has 1 aromatic rings. The molecule has 0 unspecified atom stereocenters. The summed E-state index contributed by atoms with van der Waals surface area (Å²) in [5, 5.41) is 0. The van der Waals surface area contributed by atoms with Gasteiger partial charge in [-0.2, -0.15) is 0 Å². The third-order valence-corrected chi connectivity index (χ3v) is 2.09. The van der Waals surface area contributed by atoms with Crippen LogP contribution in [0.25, 0.3) is 0 Å². The molecule has 1 atom stereocenters. The van der Waals surface area contributed by atoms with Crippen molar-refractivity contribution < 1.29 is 8.78 Å². The topological polar surface area (TPSA) is 26.0 Å². The summed E-state index contributed by atoms with van der Waals surface area (Å²) in [5.74, 6) is -0.726. The maximum absolute atomic E-state index is 13.2. The molecule has 0 saturated heterocycles. The van der Waals surface area contributed by atoms with Crippen molar-refractivity contribution >= 4 is 0 Å². The van der Waals surface area contributed by atoms with Crippen LogP contribution in [0.5, 0.6) is 0 Å². The highest BCUT2D eigenvalue weighted by molar-refractivity contribution is 5.21. The Morgan fingerprint density at radius 2 is 1.93 bits per heavy atom. The molecule has 14 heavy (non-hydrogen) atoms. The number of hydrogen-bond acceptors (Lipinski definition) is 1. The van der Waals surface area contributed by atoms with Crippen molar-refractivity contribution in [2.24, 2.45) is 11.7 Å². The van der Waals surface area contributed by atoms with E-state index in [4.69, 9.17) is 5.73 Å². The third-order valence-electron chi connectivity index (χ3n) is 2.09. The normalized spacial score (nSPS) is 13.3. The van der Waals surface area contributed by atoms with E-state index in [0.29, 0.717) is 17.9 Å². The smallest absolute Gasteiger partial charge is 0.130 e. The van der Waals surface area contributed by atoms with Crippen LogP contribution >= 0.6 is 0 Å². The van der Waals surface area contributed by atoms with Crippen LogP contribution < -0.4 is 5.73 Å². The fourth-order valence-electron chi connectivity index (χ4n) is 1.44. The van der Waals surface area contributed by atoms with Gasteiger partial charge in [0.25, 0.3) is 0 Å². The van der Waals surface area contributed by atoms with E-state index in [1.807, 2.05) is 13.8 Å². The van der Waals surface area contributed by atoms with Gasteiger partial charge in [0.2, 0.25) is 0 Å². The van der Waals surface area contributed by atoms with E-state index < -0.39 is 11.6 Å². The standard InChI is InChI=1S/C11H15F2N/c1-7(2)5-11(14)9-4-3-8(12)6-10(9)13/h3-4,6-7,11H,5,14H2,1-2H3/t11-/m1/s1. The quantitative estimate of drug-likeness (QED) is 0.795. The Kier molecular flexibility index (Phi) is 3.58. The summed E-state index contributed by atoms with van der Waals surface area (Å²) in [4.78, 5) is 0. The molecule has 2 N–H and O–H groups in total. The first-order valence-electron chi connectivity index (χ1n) is 4.71. The second-order valence-corrected chi connectivity index (χ2v) is 3.90. The average Bonchev–Trinajstić information content (AvgIpc) is 2.01. The number of halogens is 2. The summed E-state index contributed by atoms with van der Waals surface area (Å²) in [6.07, 6.45) is 0.697. The van der Waals surface area contributed by atoms with Gasteiger partial charge in [0.1, 0.15) is 11.6 Å². The van der Waals surface area contributed by atoms with Gasteiger partial charge in [0.05, 0.1) is 0 Å². The van der Waals surface area contributed by atoms with Gasteiger partial charge in [-0.25, -0.2) is 8.78 Å². The Balaban J connectivity index is 2.84. The summed E-state index contributed by atoms with van der Waals surface area (Å²) in [7, 11) is 0. The van der Waals surface area contributed by atoms with Crippen LogP contribution in [-0.2, 0) is 0 Å². The first-order chi connectivity index (χ1) is 6.50. The Hall–Kier alpha value is -0.960. The number of hydrogen-bond donors (Lipinski definition) is 1. The highest BCUT2D eigenvalue weighted by Crippen LogP contribution is 2.21. The van der Waals surface area contributed by atoms with Crippen molar-refractivity contribution in [2.75, 3.05) is 0 Å². The second-order valence-electron chi connectivity index (χ2n) is 3.90. The molecule has 0 saturated carbocycles. The first-order valence-corrected chi connectivity index (χ1v) is 4.71. The van der Waals surface area contributed by atoms with Gasteiger partial charge in [-0.15, -0.1) is 0 Å². The molecule has 0 amide bonds. The van der Waals surface area contributed by atoms with Crippen LogP contribution in [0.2, 0.25) is 0 Å². The van der Waals surface area contributed by atoms with E-state index in [1.165, 1.54) is 12.1 Å². The lowest BCUT2D eigenvalue weighted by molar-refractivity contribution is 0.485. The van der Waals surface area contributed by atoms with E-state index in [9.17, 15) is 8.78 Å². The molecule has 0 aliphatic heterocycles. The lowest BCUT2D eigenvalue weighted by Crippen LogP contribution is -2.14. The van der Waals surface area contributed by atoms with Crippen molar-refractivity contribution in [1.82, 2.24) is 0 Å². The summed E-state index contributed by atoms with van der Waals surface area (Å²) in [6, 6.07) is 3.17. The minimum Gasteiger partial charge on any atom is -0.324 e. The molecule has 0 fully saturated rings. The Bertz CT molecular complexity index is 310. The summed E-state index contributed by atoms with van der Waals surface area (Å²) in [6.45, 7) is 4.03. The molecule has 0 aromatic heterocycles. The van der Waals surface area contributed by atoms with Gasteiger partial charge in [-0.3, -0.25) is 0 Å². The molecule has 0 radical (unpaired) electrons. The third kappa shape index (κ3) is 2.77. The molecule has 0 heterocycles. The SMILES string of the molecule is CC(C)C[C@@H](N)c1ccc(F)cc1F. The molecule has 0 spiro atoms. The van der Waals surface area contributed by atoms with Gasteiger partial charge in [0, 0.05) is 17.7 Å². The molecule has 3 heteroatoms. The molecular weight excluding hydrogens is 184 g/mol. The van der Waals surface area contributed by atoms with Crippen LogP contribution in [0.4, 0.5) is 8.78 Å². The zero-order valence-corrected chi connectivity index (χ0v) is 8.43. The zero-order valence-electron chi connectivity index (χ0n) is 8.43. The van der Waals surface area contributed by atoms with E-state index in [0.717, 1.165) is 6.07 Å². The Morgan fingerprint density at radius 1 is 1.29 bits per heavy atom. The maximum atomic E-state index is 13.2. The van der Waals surface area contributed by atoms with Crippen molar-refractivity contribution in [2.45, 2.75) is 26.3 Å². The lowest BCUT2D eigenvalue weighted by atomic mass is 9.97. The second kappa shape index (κ2) is 4.51. The van der Waals surface area contributed by atoms with Crippen molar-refractivity contribution in [1.29, 1.82) is 0 Å². The van der Waals surface area contributed by atoms with Crippen LogP contribution in [0, 0.1) is 17.6 Å². The fraction of sp³-hybridized carbons (Fsp3) is 0.455. The summed E-state index contributed by atoms with van der Waals surface area (Å²) >= 11 is 0. The van der Waals surface area contributed by atoms with E-state index in [2.05, 4.69) is 0 Å². The van der Waals surface area contributed by atoms with E-state index in [-0.39, 0.29) is 6.04 Å². The predicted molar refractivity (Wildman–Crippen MR) is 52.7 cm³/mol. The van der Waals surface area contributed by atoms with Gasteiger partial charge >= 0.3 is 0 Å². The molecule has 1 aromatic carbocycles. The monoisotopic (exact) mass is 199 g/mol. The fourth-order valence-corrected chi connectivity index (χ4v) is 1.44. The van der Waals surface area contributed by atoms with Crippen molar-refractivity contribution in [3.05, 3.63) is 35.4 Å². The van der Waals surface area contributed by atoms with Crippen molar-refractivity contribution in [3.63, 3.8) is 0 Å². The van der Waals surface area contributed by atoms with Crippen LogP contribution in [0.3, 0.4) is 0 Å². The summed E-state index contributed by atoms with van der Waals surface area (Å²) in [5.41, 5.74) is 6.17. The highest BCUT2D eigenvalue weighted by Gasteiger charge is 2.13.